The molecule has 0 unspecified atom stereocenters. The summed E-state index contributed by atoms with van der Waals surface area (Å²) in [6.45, 7) is 4.18. The van der Waals surface area contributed by atoms with Crippen LogP contribution < -0.4 is 0 Å². The maximum atomic E-state index is 5.43. The van der Waals surface area contributed by atoms with Crippen LogP contribution in [0.15, 0.2) is 0 Å². The normalized spacial score (nSPS) is 10.2. The summed E-state index contributed by atoms with van der Waals surface area (Å²) < 4.78 is 20.6. The molecule has 0 aromatic heterocycles. The first kappa shape index (κ1) is 15.7. The molecule has 0 amide bonds. The summed E-state index contributed by atoms with van der Waals surface area (Å²) in [5, 5.41) is 0. The molecule has 0 saturated carbocycles. The average Bonchev–Trinajstić information content (AvgIpc) is 2.31. The highest BCUT2D eigenvalue weighted by molar-refractivity contribution is 6.17. The lowest BCUT2D eigenvalue weighted by Gasteiger charge is -2.06. The van der Waals surface area contributed by atoms with E-state index in [4.69, 9.17) is 37.0 Å². The number of ether oxygens (including phenoxy) is 4. The van der Waals surface area contributed by atoms with Crippen LogP contribution in [0, 0.1) is 12.3 Å². The van der Waals surface area contributed by atoms with E-state index in [1.54, 1.807) is 0 Å². The van der Waals surface area contributed by atoms with Gasteiger partial charge in [0, 0.05) is 5.88 Å². The zero-order chi connectivity index (χ0) is 11.9. The summed E-state index contributed by atoms with van der Waals surface area (Å²) >= 11 is 5.43. The number of hydrogen-bond donors (Lipinski definition) is 0. The van der Waals surface area contributed by atoms with E-state index >= 15 is 0 Å². The van der Waals surface area contributed by atoms with Gasteiger partial charge in [-0.15, -0.1) is 18.0 Å². The molecular weight excluding hydrogens is 232 g/mol. The van der Waals surface area contributed by atoms with Gasteiger partial charge < -0.3 is 18.9 Å². The minimum absolute atomic E-state index is 0.331. The highest BCUT2D eigenvalue weighted by Crippen LogP contribution is 1.83. The summed E-state index contributed by atoms with van der Waals surface area (Å²) in [6, 6.07) is 0. The van der Waals surface area contributed by atoms with Gasteiger partial charge in [-0.2, -0.15) is 0 Å². The summed E-state index contributed by atoms with van der Waals surface area (Å²) in [5.41, 5.74) is 0. The van der Waals surface area contributed by atoms with Crippen LogP contribution in [0.3, 0.4) is 0 Å². The molecule has 0 fully saturated rings. The van der Waals surface area contributed by atoms with Crippen molar-refractivity contribution in [2.45, 2.75) is 0 Å². The fourth-order valence-electron chi connectivity index (χ4n) is 0.845. The minimum Gasteiger partial charge on any atom is -0.378 e. The van der Waals surface area contributed by atoms with Crippen molar-refractivity contribution in [2.75, 3.05) is 58.7 Å². The van der Waals surface area contributed by atoms with Gasteiger partial charge in [-0.25, -0.2) is 0 Å². The molecule has 4 nitrogen and oxygen atoms in total. The van der Waals surface area contributed by atoms with E-state index in [9.17, 15) is 0 Å². The largest absolute Gasteiger partial charge is 0.378 e. The second kappa shape index (κ2) is 14.7. The highest BCUT2D eigenvalue weighted by atomic mass is 35.5. The van der Waals surface area contributed by atoms with Gasteiger partial charge in [-0.05, 0) is 0 Å². The van der Waals surface area contributed by atoms with Crippen molar-refractivity contribution in [3.05, 3.63) is 0 Å². The quantitative estimate of drug-likeness (QED) is 0.293. The Morgan fingerprint density at radius 3 is 1.62 bits per heavy atom. The number of terminal acetylenes is 1. The molecule has 0 aliphatic carbocycles. The predicted octanol–water partition coefficient (Wildman–Crippen LogP) is 0.925. The number of halogens is 1. The molecule has 0 aliphatic heterocycles. The number of alkyl halides is 1. The molecule has 0 bridgehead atoms. The Kier molecular flexibility index (Phi) is 14.4. The van der Waals surface area contributed by atoms with Crippen molar-refractivity contribution in [1.29, 1.82) is 0 Å². The Morgan fingerprint density at radius 2 is 1.19 bits per heavy atom. The summed E-state index contributed by atoms with van der Waals surface area (Å²) in [5.74, 6) is 2.89. The predicted molar refractivity (Wildman–Crippen MR) is 62.8 cm³/mol. The van der Waals surface area contributed by atoms with Gasteiger partial charge in [0.05, 0.1) is 46.2 Å². The first-order valence-electron chi connectivity index (χ1n) is 5.22. The molecule has 5 heteroatoms. The van der Waals surface area contributed by atoms with Gasteiger partial charge in [0.15, 0.2) is 0 Å². The lowest BCUT2D eigenvalue weighted by molar-refractivity contribution is 0.00303. The standard InChI is InChI=1S/C11H19ClO4/c1-2-4-13-6-8-15-10-11-16-9-7-14-5-3-12/h1H,3-11H2. The number of rotatable bonds is 12. The SMILES string of the molecule is C#CCOCCOCCOCCOCCCl. The second-order valence-corrected chi connectivity index (χ2v) is 3.16. The van der Waals surface area contributed by atoms with Crippen molar-refractivity contribution < 1.29 is 18.9 Å². The zero-order valence-corrected chi connectivity index (χ0v) is 10.2. The van der Waals surface area contributed by atoms with E-state index in [1.165, 1.54) is 0 Å². The van der Waals surface area contributed by atoms with Gasteiger partial charge in [-0.3, -0.25) is 0 Å². The maximum absolute atomic E-state index is 5.43. The average molecular weight is 251 g/mol. The molecule has 0 aromatic rings. The van der Waals surface area contributed by atoms with E-state index in [0.29, 0.717) is 58.7 Å². The third-order valence-electron chi connectivity index (χ3n) is 1.52. The van der Waals surface area contributed by atoms with Crippen molar-refractivity contribution in [1.82, 2.24) is 0 Å². The van der Waals surface area contributed by atoms with Gasteiger partial charge >= 0.3 is 0 Å². The first-order valence-corrected chi connectivity index (χ1v) is 5.75. The summed E-state index contributed by atoms with van der Waals surface area (Å²) in [7, 11) is 0. The summed E-state index contributed by atoms with van der Waals surface area (Å²) in [6.07, 6.45) is 5.00. The van der Waals surface area contributed by atoms with E-state index in [1.807, 2.05) is 0 Å². The van der Waals surface area contributed by atoms with Crippen molar-refractivity contribution in [3.63, 3.8) is 0 Å². The fraction of sp³-hybridized carbons (Fsp3) is 0.818. The molecule has 0 spiro atoms. The third kappa shape index (κ3) is 13.7. The molecule has 0 rings (SSSR count). The monoisotopic (exact) mass is 250 g/mol. The van der Waals surface area contributed by atoms with Crippen LogP contribution in [0.4, 0.5) is 0 Å². The van der Waals surface area contributed by atoms with Crippen LogP contribution in [0.1, 0.15) is 0 Å². The first-order chi connectivity index (χ1) is 7.91. The Hall–Kier alpha value is -0.310. The van der Waals surface area contributed by atoms with Gasteiger partial charge in [-0.1, -0.05) is 5.92 Å². The highest BCUT2D eigenvalue weighted by Gasteiger charge is 1.91. The van der Waals surface area contributed by atoms with Gasteiger partial charge in [0.2, 0.25) is 0 Å². The molecule has 94 valence electrons. The third-order valence-corrected chi connectivity index (χ3v) is 1.68. The molecule has 0 radical (unpaired) electrons. The second-order valence-electron chi connectivity index (χ2n) is 2.78. The molecule has 0 N–H and O–H groups in total. The number of hydrogen-bond acceptors (Lipinski definition) is 4. The topological polar surface area (TPSA) is 36.9 Å². The lowest BCUT2D eigenvalue weighted by atomic mass is 10.7. The molecule has 0 aliphatic rings. The van der Waals surface area contributed by atoms with Crippen molar-refractivity contribution >= 4 is 11.6 Å². The van der Waals surface area contributed by atoms with Crippen molar-refractivity contribution in [2.24, 2.45) is 0 Å². The van der Waals surface area contributed by atoms with E-state index in [2.05, 4.69) is 5.92 Å². The Bertz CT molecular complexity index is 170. The van der Waals surface area contributed by atoms with E-state index < -0.39 is 0 Å². The maximum Gasteiger partial charge on any atom is 0.107 e. The van der Waals surface area contributed by atoms with Crippen LogP contribution in [0.25, 0.3) is 0 Å². The molecular formula is C11H19ClO4. The minimum atomic E-state index is 0.331. The Labute approximate surface area is 102 Å². The Morgan fingerprint density at radius 1 is 0.750 bits per heavy atom. The molecule has 0 heterocycles. The van der Waals surface area contributed by atoms with Crippen LogP contribution in [0.5, 0.6) is 0 Å². The van der Waals surface area contributed by atoms with Gasteiger partial charge in [0.1, 0.15) is 6.61 Å². The van der Waals surface area contributed by atoms with E-state index in [0.717, 1.165) is 0 Å². The molecule has 0 saturated heterocycles. The molecule has 0 aromatic carbocycles. The van der Waals surface area contributed by atoms with Crippen molar-refractivity contribution in [3.8, 4) is 12.3 Å². The zero-order valence-electron chi connectivity index (χ0n) is 9.45. The smallest absolute Gasteiger partial charge is 0.107 e. The van der Waals surface area contributed by atoms with E-state index in [-0.39, 0.29) is 0 Å². The molecule has 16 heavy (non-hydrogen) atoms. The van der Waals surface area contributed by atoms with Crippen LogP contribution in [-0.4, -0.2) is 58.7 Å². The lowest BCUT2D eigenvalue weighted by Crippen LogP contribution is -2.12. The molecule has 0 atom stereocenters. The Balaban J connectivity index is 2.86. The summed E-state index contributed by atoms with van der Waals surface area (Å²) in [4.78, 5) is 0. The fourth-order valence-corrected chi connectivity index (χ4v) is 0.954. The van der Waals surface area contributed by atoms with Crippen LogP contribution in [-0.2, 0) is 18.9 Å². The van der Waals surface area contributed by atoms with Crippen LogP contribution >= 0.6 is 11.6 Å². The van der Waals surface area contributed by atoms with Gasteiger partial charge in [0.25, 0.3) is 0 Å². The van der Waals surface area contributed by atoms with Crippen LogP contribution in [0.2, 0.25) is 0 Å².